The molecule has 1 saturated heterocycles. The van der Waals surface area contributed by atoms with Gasteiger partial charge in [0.15, 0.2) is 0 Å². The van der Waals surface area contributed by atoms with Gasteiger partial charge in [-0.05, 0) is 49.4 Å². The van der Waals surface area contributed by atoms with Gasteiger partial charge in [-0.2, -0.15) is 0 Å². The van der Waals surface area contributed by atoms with Gasteiger partial charge in [0, 0.05) is 6.54 Å². The average molecular weight is 614 g/mol. The lowest BCUT2D eigenvalue weighted by molar-refractivity contribution is -0.142. The van der Waals surface area contributed by atoms with Crippen molar-refractivity contribution < 1.29 is 33.9 Å². The molecule has 0 aromatic rings. The molecule has 3 aliphatic rings. The third-order valence-corrected chi connectivity index (χ3v) is 8.34. The summed E-state index contributed by atoms with van der Waals surface area (Å²) in [6.07, 6.45) is 9.28. The zero-order chi connectivity index (χ0) is 32.2. The predicted octanol–water partition coefficient (Wildman–Crippen LogP) is 2.45. The topological polar surface area (TPSA) is 188 Å². The fourth-order valence-corrected chi connectivity index (χ4v) is 4.98. The van der Waals surface area contributed by atoms with Crippen LogP contribution in [0.1, 0.15) is 92.9 Å². The monoisotopic (exact) mass is 613 g/mol. The molecule has 1 aliphatic heterocycles. The fraction of sp³-hybridized carbons (Fsp3) is 0.793. The Morgan fingerprint density at radius 1 is 0.976 bits per heavy atom. The second kappa shape index (κ2) is 17.4. The summed E-state index contributed by atoms with van der Waals surface area (Å²) in [6, 6.07) is -3.58. The first kappa shape index (κ1) is 37.4. The van der Waals surface area contributed by atoms with E-state index >= 15 is 0 Å². The molecule has 3 rings (SSSR count). The quantitative estimate of drug-likeness (QED) is 0.130. The maximum Gasteiger partial charge on any atom is 0.326 e. The molecule has 0 radical (unpaired) electrons. The molecule has 0 bridgehead atoms. The molecule has 12 nitrogen and oxygen atoms in total. The first-order chi connectivity index (χ1) is 19.5. The van der Waals surface area contributed by atoms with Crippen LogP contribution in [-0.2, 0) is 24.0 Å². The van der Waals surface area contributed by atoms with E-state index in [0.29, 0.717) is 6.54 Å². The molecular formula is C29H51N5O7S. The van der Waals surface area contributed by atoms with Crippen LogP contribution in [0.5, 0.6) is 0 Å². The number of primary amides is 1. The third kappa shape index (κ3) is 12.3. The van der Waals surface area contributed by atoms with Crippen LogP contribution in [0.25, 0.3) is 0 Å². The average Bonchev–Trinajstić information content (AvgIpc) is 3.63. The zero-order valence-electron chi connectivity index (χ0n) is 25.9. The largest absolute Gasteiger partial charge is 0.480 e. The van der Waals surface area contributed by atoms with Gasteiger partial charge in [-0.1, -0.05) is 79.5 Å². The van der Waals surface area contributed by atoms with Crippen LogP contribution >= 0.6 is 12.8 Å². The molecule has 240 valence electrons. The summed E-state index contributed by atoms with van der Waals surface area (Å²) in [5.41, 5.74) is 3.97. The van der Waals surface area contributed by atoms with Gasteiger partial charge in [-0.15, -0.1) is 0 Å². The Kier molecular flexibility index (Phi) is 15.5. The van der Waals surface area contributed by atoms with Gasteiger partial charge < -0.3 is 31.2 Å². The molecule has 4 unspecified atom stereocenters. The van der Waals surface area contributed by atoms with E-state index in [1.165, 1.54) is 19.8 Å². The lowest BCUT2D eigenvalue weighted by Crippen LogP contribution is -2.59. The van der Waals surface area contributed by atoms with Crippen LogP contribution in [0, 0.1) is 23.2 Å². The number of Topliss-reactive ketones (excluding diaryl/α,β-unsaturated/α-hetero) is 1. The molecule has 1 heterocycles. The Hall–Kier alpha value is -2.67. The molecule has 3 fully saturated rings. The molecule has 4 amide bonds. The summed E-state index contributed by atoms with van der Waals surface area (Å²) in [5, 5.41) is 14.7. The molecule has 13 heteroatoms. The second-order valence-corrected chi connectivity index (χ2v) is 13.1. The Bertz CT molecular complexity index is 947. The highest BCUT2D eigenvalue weighted by atomic mass is 32.1. The number of ketones is 1. The lowest BCUT2D eigenvalue weighted by Gasteiger charge is -2.35. The number of aliphatic carboxylic acids is 1. The van der Waals surface area contributed by atoms with Crippen molar-refractivity contribution in [2.75, 3.05) is 6.54 Å². The zero-order valence-corrected chi connectivity index (χ0v) is 26.7. The number of carbonyl (C=O) groups excluding carboxylic acids is 5. The van der Waals surface area contributed by atoms with Crippen molar-refractivity contribution in [3.05, 3.63) is 0 Å². The maximum atomic E-state index is 13.3. The van der Waals surface area contributed by atoms with Crippen LogP contribution in [0.2, 0.25) is 0 Å². The molecule has 0 aromatic heterocycles. The Morgan fingerprint density at radius 3 is 1.90 bits per heavy atom. The first-order valence-electron chi connectivity index (χ1n) is 14.8. The number of thiol groups is 1. The van der Waals surface area contributed by atoms with E-state index < -0.39 is 53.3 Å². The number of hydrogen-bond acceptors (Lipinski definition) is 8. The van der Waals surface area contributed by atoms with E-state index in [1.807, 2.05) is 6.92 Å². The number of hydrogen-bond donors (Lipinski definition) is 6. The Labute approximate surface area is 255 Å². The molecule has 2 saturated carbocycles. The lowest BCUT2D eigenvalue weighted by atomic mass is 9.83. The number of amides is 4. The van der Waals surface area contributed by atoms with Crippen LogP contribution in [0.3, 0.4) is 0 Å². The molecule has 0 spiro atoms. The van der Waals surface area contributed by atoms with Gasteiger partial charge in [-0.3, -0.25) is 19.1 Å². The number of likely N-dealkylation sites (tertiary alicyclic amines) is 1. The highest BCUT2D eigenvalue weighted by molar-refractivity contribution is 7.78. The SMILES string of the molecule is CC(NS)C(=O)C(N)=O.CC1CC1.C[C@H]1CCN(C(=O)C(NC(=O)NC(C(=O)O)C(C)(C)C)C2CCCCC2)C1C=O. The summed E-state index contributed by atoms with van der Waals surface area (Å²) >= 11 is 3.57. The molecular weight excluding hydrogens is 562 g/mol. The first-order valence-corrected chi connectivity index (χ1v) is 15.3. The van der Waals surface area contributed by atoms with Crippen molar-refractivity contribution in [2.24, 2.45) is 28.9 Å². The standard InChI is InChI=1S/C21H35N3O5.C4H8N2O2S.C4H8/c1-13-10-11-24(15(13)12-25)18(26)16(14-8-6-5-7-9-14)22-20(29)23-17(19(27)28)21(2,3)4;1-2(6-9)3(7)4(5)8;1-4-2-3-4/h12-17H,5-11H2,1-4H3,(H,27,28)(H2,22,23,29);2,6,9H,1H3,(H2,5,8);4H,2-3H2,1H3/t13-,15?,16?,17?;;/m0../s1. The van der Waals surface area contributed by atoms with Crippen molar-refractivity contribution in [3.8, 4) is 0 Å². The summed E-state index contributed by atoms with van der Waals surface area (Å²) in [7, 11) is 0. The summed E-state index contributed by atoms with van der Waals surface area (Å²) in [6.45, 7) is 11.4. The van der Waals surface area contributed by atoms with Gasteiger partial charge >= 0.3 is 12.0 Å². The third-order valence-electron chi connectivity index (χ3n) is 7.95. The van der Waals surface area contributed by atoms with Crippen molar-refractivity contribution in [1.82, 2.24) is 20.3 Å². The molecule has 2 aliphatic carbocycles. The number of carbonyl (C=O) groups is 6. The highest BCUT2D eigenvalue weighted by Gasteiger charge is 2.41. The number of urea groups is 1. The summed E-state index contributed by atoms with van der Waals surface area (Å²) in [4.78, 5) is 71.3. The fourth-order valence-electron chi connectivity index (χ4n) is 4.86. The van der Waals surface area contributed by atoms with E-state index in [4.69, 9.17) is 0 Å². The van der Waals surface area contributed by atoms with Crippen LogP contribution in [0.15, 0.2) is 0 Å². The normalized spacial score (nSPS) is 22.6. The van der Waals surface area contributed by atoms with Crippen molar-refractivity contribution >= 4 is 48.7 Å². The van der Waals surface area contributed by atoms with E-state index in [9.17, 15) is 33.9 Å². The predicted molar refractivity (Wildman–Crippen MR) is 162 cm³/mol. The van der Waals surface area contributed by atoms with E-state index in [-0.39, 0.29) is 17.7 Å². The van der Waals surface area contributed by atoms with Gasteiger partial charge in [0.25, 0.3) is 5.91 Å². The number of aldehydes is 1. The van der Waals surface area contributed by atoms with Gasteiger partial charge in [0.2, 0.25) is 11.7 Å². The van der Waals surface area contributed by atoms with Crippen molar-refractivity contribution in [1.29, 1.82) is 0 Å². The number of nitrogens with two attached hydrogens (primary N) is 1. The van der Waals surface area contributed by atoms with Crippen LogP contribution < -0.4 is 21.1 Å². The minimum absolute atomic E-state index is 0.0110. The minimum Gasteiger partial charge on any atom is -0.480 e. The van der Waals surface area contributed by atoms with Crippen LogP contribution in [0.4, 0.5) is 4.79 Å². The molecule has 42 heavy (non-hydrogen) atoms. The van der Waals surface area contributed by atoms with Gasteiger partial charge in [0.05, 0.1) is 12.1 Å². The maximum absolute atomic E-state index is 13.3. The second-order valence-electron chi connectivity index (χ2n) is 12.8. The molecule has 5 atom stereocenters. The number of nitrogens with zero attached hydrogens (tertiary/aromatic N) is 1. The van der Waals surface area contributed by atoms with E-state index in [2.05, 4.69) is 40.8 Å². The van der Waals surface area contributed by atoms with Gasteiger partial charge in [-0.25, -0.2) is 9.59 Å². The highest BCUT2D eigenvalue weighted by Crippen LogP contribution is 2.30. The van der Waals surface area contributed by atoms with Crippen molar-refractivity contribution in [3.63, 3.8) is 0 Å². The Balaban J connectivity index is 0.000000558. The minimum atomic E-state index is -1.12. The number of carboxylic acids is 1. The molecule has 0 aromatic carbocycles. The van der Waals surface area contributed by atoms with Crippen molar-refractivity contribution in [2.45, 2.75) is 117 Å². The van der Waals surface area contributed by atoms with Crippen LogP contribution in [-0.4, -0.2) is 76.6 Å². The van der Waals surface area contributed by atoms with Gasteiger partial charge in [0.1, 0.15) is 18.4 Å². The number of nitrogens with one attached hydrogen (secondary N) is 3. The smallest absolute Gasteiger partial charge is 0.326 e. The number of rotatable bonds is 9. The number of carboxylic acid groups (broad SMARTS) is 1. The molecule has 6 N–H and O–H groups in total. The summed E-state index contributed by atoms with van der Waals surface area (Å²) in [5.74, 6) is -1.80. The Morgan fingerprint density at radius 2 is 1.52 bits per heavy atom. The van der Waals surface area contributed by atoms with E-state index in [1.54, 1.807) is 25.7 Å². The van der Waals surface area contributed by atoms with E-state index in [0.717, 1.165) is 50.7 Å². The summed E-state index contributed by atoms with van der Waals surface area (Å²) < 4.78 is 2.29.